The molecule has 1 aromatic carbocycles. The van der Waals surface area contributed by atoms with Crippen molar-refractivity contribution in [2.45, 2.75) is 31.9 Å². The molecule has 1 fully saturated rings. The lowest BCUT2D eigenvalue weighted by atomic mass is 9.82. The maximum absolute atomic E-state index is 12.6. The van der Waals surface area contributed by atoms with Crippen LogP contribution in [0.1, 0.15) is 24.5 Å². The number of carbonyl (C=O) groups is 3. The molecule has 3 N–H and O–H groups in total. The molecule has 0 aliphatic carbocycles. The Morgan fingerprint density at radius 1 is 1.41 bits per heavy atom. The zero-order valence-corrected chi connectivity index (χ0v) is 15.1. The average molecular weight is 370 g/mol. The van der Waals surface area contributed by atoms with E-state index in [2.05, 4.69) is 6.58 Å². The molecule has 2 aliphatic heterocycles. The maximum atomic E-state index is 12.6. The molecule has 0 spiro atoms. The van der Waals surface area contributed by atoms with Crippen molar-refractivity contribution in [3.05, 3.63) is 53.7 Å². The van der Waals surface area contributed by atoms with E-state index in [0.717, 1.165) is 11.1 Å². The van der Waals surface area contributed by atoms with E-state index in [1.54, 1.807) is 31.2 Å². The molecular weight excluding hydrogens is 348 g/mol. The largest absolute Gasteiger partial charge is 0.457 e. The van der Waals surface area contributed by atoms with Crippen molar-refractivity contribution in [1.82, 2.24) is 4.90 Å². The van der Waals surface area contributed by atoms with Gasteiger partial charge in [-0.3, -0.25) is 9.59 Å². The average Bonchev–Trinajstić information content (AvgIpc) is 2.94. The SMILES string of the molecule is C=CCOC(=O)C1=C(c2ccc(CC(N)=O)cc2)C[C@@H]2[C@@H]([C@@H](C)O)C(=O)N12. The Morgan fingerprint density at radius 3 is 2.63 bits per heavy atom. The molecule has 0 saturated carbocycles. The van der Waals surface area contributed by atoms with Crippen LogP contribution < -0.4 is 5.73 Å². The van der Waals surface area contributed by atoms with Crippen LogP contribution in [0.15, 0.2) is 42.6 Å². The summed E-state index contributed by atoms with van der Waals surface area (Å²) in [7, 11) is 0. The number of esters is 1. The molecule has 0 bridgehead atoms. The summed E-state index contributed by atoms with van der Waals surface area (Å²) < 4.78 is 5.17. The van der Waals surface area contributed by atoms with Crippen LogP contribution in [0.5, 0.6) is 0 Å². The molecule has 2 amide bonds. The molecule has 142 valence electrons. The first-order valence-corrected chi connectivity index (χ1v) is 8.75. The number of aliphatic hydroxyl groups is 1. The summed E-state index contributed by atoms with van der Waals surface area (Å²) in [5.74, 6) is -1.82. The van der Waals surface area contributed by atoms with E-state index in [-0.39, 0.29) is 30.7 Å². The van der Waals surface area contributed by atoms with Crippen molar-refractivity contribution in [3.8, 4) is 0 Å². The number of aliphatic hydroxyl groups excluding tert-OH is 1. The van der Waals surface area contributed by atoms with Gasteiger partial charge in [0.1, 0.15) is 12.3 Å². The first kappa shape index (κ1) is 18.8. The van der Waals surface area contributed by atoms with Gasteiger partial charge in [-0.15, -0.1) is 0 Å². The summed E-state index contributed by atoms with van der Waals surface area (Å²) in [6.45, 7) is 5.14. The number of ether oxygens (including phenoxy) is 1. The quantitative estimate of drug-likeness (QED) is 0.418. The topological polar surface area (TPSA) is 110 Å². The van der Waals surface area contributed by atoms with Gasteiger partial charge < -0.3 is 20.5 Å². The zero-order chi connectivity index (χ0) is 19.7. The Hall–Kier alpha value is -2.93. The highest BCUT2D eigenvalue weighted by molar-refractivity contribution is 6.06. The summed E-state index contributed by atoms with van der Waals surface area (Å²) in [5.41, 5.74) is 7.65. The monoisotopic (exact) mass is 370 g/mol. The van der Waals surface area contributed by atoms with E-state index in [0.29, 0.717) is 12.0 Å². The highest BCUT2D eigenvalue weighted by Crippen LogP contribution is 2.47. The van der Waals surface area contributed by atoms with Crippen LogP contribution in [0, 0.1) is 5.92 Å². The Bertz CT molecular complexity index is 825. The fraction of sp³-hybridized carbons (Fsp3) is 0.350. The van der Waals surface area contributed by atoms with Crippen LogP contribution >= 0.6 is 0 Å². The fourth-order valence-electron chi connectivity index (χ4n) is 3.74. The number of benzene rings is 1. The van der Waals surface area contributed by atoms with Crippen LogP contribution in [0.4, 0.5) is 0 Å². The van der Waals surface area contributed by atoms with Gasteiger partial charge in [0.25, 0.3) is 0 Å². The summed E-state index contributed by atoms with van der Waals surface area (Å²) in [5, 5.41) is 9.89. The van der Waals surface area contributed by atoms with Gasteiger partial charge in [0.15, 0.2) is 0 Å². The van der Waals surface area contributed by atoms with Crippen molar-refractivity contribution >= 4 is 23.4 Å². The maximum Gasteiger partial charge on any atom is 0.355 e. The zero-order valence-electron chi connectivity index (χ0n) is 15.1. The number of β-lactam (4-membered cyclic amide) rings is 1. The van der Waals surface area contributed by atoms with Gasteiger partial charge in [-0.25, -0.2) is 4.79 Å². The number of fused-ring (bicyclic) bond motifs is 1. The lowest BCUT2D eigenvalue weighted by molar-refractivity contribution is -0.162. The molecule has 3 atom stereocenters. The van der Waals surface area contributed by atoms with E-state index in [1.165, 1.54) is 11.0 Å². The second-order valence-corrected chi connectivity index (χ2v) is 6.80. The molecule has 2 heterocycles. The first-order chi connectivity index (χ1) is 12.8. The smallest absolute Gasteiger partial charge is 0.355 e. The molecule has 1 saturated heterocycles. The highest BCUT2D eigenvalue weighted by atomic mass is 16.5. The third kappa shape index (κ3) is 3.38. The molecule has 7 nitrogen and oxygen atoms in total. The van der Waals surface area contributed by atoms with Gasteiger partial charge in [0, 0.05) is 0 Å². The number of nitrogens with zero attached hydrogens (tertiary/aromatic N) is 1. The van der Waals surface area contributed by atoms with Gasteiger partial charge >= 0.3 is 5.97 Å². The first-order valence-electron chi connectivity index (χ1n) is 8.75. The number of nitrogens with two attached hydrogens (primary N) is 1. The van der Waals surface area contributed by atoms with Crippen molar-refractivity contribution < 1.29 is 24.2 Å². The number of primary amides is 1. The molecule has 7 heteroatoms. The third-order valence-corrected chi connectivity index (χ3v) is 4.93. The van der Waals surface area contributed by atoms with Crippen LogP contribution in [-0.4, -0.2) is 46.5 Å². The lowest BCUT2D eigenvalue weighted by Crippen LogP contribution is -2.61. The molecule has 0 aromatic heterocycles. The van der Waals surface area contributed by atoms with Crippen LogP contribution in [0.2, 0.25) is 0 Å². The predicted molar refractivity (Wildman–Crippen MR) is 97.8 cm³/mol. The van der Waals surface area contributed by atoms with Crippen molar-refractivity contribution in [2.75, 3.05) is 6.61 Å². The summed E-state index contributed by atoms with van der Waals surface area (Å²) in [6, 6.07) is 6.86. The Kier molecular flexibility index (Phi) is 5.14. The number of hydrogen-bond acceptors (Lipinski definition) is 5. The second-order valence-electron chi connectivity index (χ2n) is 6.80. The van der Waals surface area contributed by atoms with Gasteiger partial charge in [0.05, 0.1) is 24.5 Å². The Balaban J connectivity index is 1.95. The third-order valence-electron chi connectivity index (χ3n) is 4.93. The summed E-state index contributed by atoms with van der Waals surface area (Å²) in [4.78, 5) is 37.5. The van der Waals surface area contributed by atoms with Gasteiger partial charge in [-0.2, -0.15) is 0 Å². The predicted octanol–water partition coefficient (Wildman–Crippen LogP) is 0.766. The van der Waals surface area contributed by atoms with Crippen LogP contribution in [-0.2, 0) is 25.5 Å². The molecular formula is C20H22N2O5. The van der Waals surface area contributed by atoms with E-state index < -0.39 is 23.9 Å². The van der Waals surface area contributed by atoms with Gasteiger partial charge in [-0.1, -0.05) is 36.9 Å². The molecule has 0 unspecified atom stereocenters. The van der Waals surface area contributed by atoms with Crippen molar-refractivity contribution in [1.29, 1.82) is 0 Å². The molecule has 3 rings (SSSR count). The van der Waals surface area contributed by atoms with E-state index in [1.807, 2.05) is 0 Å². The van der Waals surface area contributed by atoms with Crippen molar-refractivity contribution in [2.24, 2.45) is 11.7 Å². The molecule has 27 heavy (non-hydrogen) atoms. The fourth-order valence-corrected chi connectivity index (χ4v) is 3.74. The Labute approximate surface area is 157 Å². The van der Waals surface area contributed by atoms with Gasteiger partial charge in [0.2, 0.25) is 11.8 Å². The van der Waals surface area contributed by atoms with E-state index >= 15 is 0 Å². The van der Waals surface area contributed by atoms with E-state index in [4.69, 9.17) is 10.5 Å². The van der Waals surface area contributed by atoms with E-state index in [9.17, 15) is 19.5 Å². The standard InChI is InChI=1S/C20H22N2O5/c1-3-8-27-20(26)18-14(10-15-17(11(2)23)19(25)22(15)18)13-6-4-12(5-7-13)9-16(21)24/h3-7,11,15,17,23H,1,8-10H2,2H3,(H2,21,24)/t11-,15-,17-/m1/s1. The minimum absolute atomic E-state index is 0.0414. The second kappa shape index (κ2) is 7.36. The molecule has 1 aromatic rings. The van der Waals surface area contributed by atoms with Gasteiger partial charge in [-0.05, 0) is 30.0 Å². The Morgan fingerprint density at radius 2 is 2.07 bits per heavy atom. The number of rotatable bonds is 7. The summed E-state index contributed by atoms with van der Waals surface area (Å²) >= 11 is 0. The minimum Gasteiger partial charge on any atom is -0.457 e. The minimum atomic E-state index is -0.790. The van der Waals surface area contributed by atoms with Crippen LogP contribution in [0.3, 0.4) is 0 Å². The summed E-state index contributed by atoms with van der Waals surface area (Å²) in [6.07, 6.45) is 1.25. The number of carbonyl (C=O) groups excluding carboxylic acids is 3. The molecule has 2 aliphatic rings. The number of hydrogen-bond donors (Lipinski definition) is 2. The van der Waals surface area contributed by atoms with Crippen molar-refractivity contribution in [3.63, 3.8) is 0 Å². The number of amides is 2. The molecule has 0 radical (unpaired) electrons. The van der Waals surface area contributed by atoms with Crippen LogP contribution in [0.25, 0.3) is 5.57 Å². The lowest BCUT2D eigenvalue weighted by Gasteiger charge is -2.44. The normalized spacial score (nSPS) is 22.1. The highest BCUT2D eigenvalue weighted by Gasteiger charge is 2.56.